The third-order valence-corrected chi connectivity index (χ3v) is 4.03. The molecule has 1 N–H and O–H groups in total. The van der Waals surface area contributed by atoms with Crippen LogP contribution in [0.15, 0.2) is 36.5 Å². The minimum absolute atomic E-state index is 0.217. The number of ether oxygens (including phenoxy) is 1. The molecule has 1 aromatic heterocycles. The highest BCUT2D eigenvalue weighted by molar-refractivity contribution is 5.98. The quantitative estimate of drug-likeness (QED) is 0.935. The maximum Gasteiger partial charge on any atom is 0.255 e. The van der Waals surface area contributed by atoms with Gasteiger partial charge in [-0.05, 0) is 36.2 Å². The van der Waals surface area contributed by atoms with E-state index in [0.717, 1.165) is 5.56 Å². The fourth-order valence-electron chi connectivity index (χ4n) is 2.63. The molecule has 2 heterocycles. The number of rotatable bonds is 4. The van der Waals surface area contributed by atoms with Crippen molar-refractivity contribution in [2.45, 2.75) is 13.5 Å². The molecule has 0 aliphatic carbocycles. The highest BCUT2D eigenvalue weighted by Gasteiger charge is 2.19. The van der Waals surface area contributed by atoms with E-state index < -0.39 is 0 Å². The normalized spacial score (nSPS) is 14.5. The molecule has 2 aromatic rings. The topological polar surface area (TPSA) is 54.5 Å². The molecule has 24 heavy (non-hydrogen) atoms. The third-order valence-electron chi connectivity index (χ3n) is 4.03. The zero-order chi connectivity index (χ0) is 16.9. The van der Waals surface area contributed by atoms with Crippen LogP contribution in [0.2, 0.25) is 0 Å². The summed E-state index contributed by atoms with van der Waals surface area (Å²) in [6.07, 6.45) is 1.68. The van der Waals surface area contributed by atoms with Crippen LogP contribution in [0.25, 0.3) is 0 Å². The fraction of sp³-hybridized carbons (Fsp3) is 0.333. The Balaban J connectivity index is 1.71. The molecule has 6 heteroatoms. The lowest BCUT2D eigenvalue weighted by Crippen LogP contribution is -2.38. The smallest absolute Gasteiger partial charge is 0.255 e. The molecule has 5 nitrogen and oxygen atoms in total. The van der Waals surface area contributed by atoms with Crippen LogP contribution in [0.4, 0.5) is 10.2 Å². The van der Waals surface area contributed by atoms with Crippen LogP contribution in [0, 0.1) is 12.7 Å². The van der Waals surface area contributed by atoms with E-state index in [1.165, 1.54) is 6.07 Å². The number of morpholine rings is 1. The molecular formula is C18H20FN3O2. The zero-order valence-corrected chi connectivity index (χ0v) is 13.6. The standard InChI is InChI=1S/C18H20FN3O2/c1-13-4-5-14(11-16(13)19)12-21-18(23)15-3-2-6-20-17(15)22-7-9-24-10-8-22/h2-6,11H,7-10,12H2,1H3,(H,21,23). The molecule has 0 unspecified atom stereocenters. The maximum atomic E-state index is 13.6. The Bertz CT molecular complexity index is 730. The van der Waals surface area contributed by atoms with Crippen LogP contribution in [-0.2, 0) is 11.3 Å². The molecule has 0 bridgehead atoms. The summed E-state index contributed by atoms with van der Waals surface area (Å²) >= 11 is 0. The lowest BCUT2D eigenvalue weighted by atomic mass is 10.1. The van der Waals surface area contributed by atoms with Gasteiger partial charge in [0, 0.05) is 25.8 Å². The number of nitrogens with zero attached hydrogens (tertiary/aromatic N) is 2. The molecule has 0 atom stereocenters. The second-order valence-electron chi connectivity index (χ2n) is 5.74. The fourth-order valence-corrected chi connectivity index (χ4v) is 2.63. The molecule has 1 aliphatic rings. The second-order valence-corrected chi connectivity index (χ2v) is 5.74. The predicted molar refractivity (Wildman–Crippen MR) is 89.6 cm³/mol. The molecular weight excluding hydrogens is 309 g/mol. The Morgan fingerprint density at radius 3 is 2.88 bits per heavy atom. The second kappa shape index (κ2) is 7.40. The zero-order valence-electron chi connectivity index (χ0n) is 13.6. The number of aryl methyl sites for hydroxylation is 1. The largest absolute Gasteiger partial charge is 0.378 e. The van der Waals surface area contributed by atoms with Crippen molar-refractivity contribution in [3.05, 3.63) is 59.0 Å². The van der Waals surface area contributed by atoms with Gasteiger partial charge in [-0.2, -0.15) is 0 Å². The number of carbonyl (C=O) groups excluding carboxylic acids is 1. The molecule has 1 fully saturated rings. The van der Waals surface area contributed by atoms with Crippen molar-refractivity contribution >= 4 is 11.7 Å². The summed E-state index contributed by atoms with van der Waals surface area (Å²) in [5, 5.41) is 2.84. The van der Waals surface area contributed by atoms with E-state index in [0.29, 0.717) is 43.2 Å². The lowest BCUT2D eigenvalue weighted by molar-refractivity contribution is 0.0949. The van der Waals surface area contributed by atoms with Gasteiger partial charge in [0.15, 0.2) is 0 Å². The number of hydrogen-bond acceptors (Lipinski definition) is 4. The van der Waals surface area contributed by atoms with E-state index in [1.54, 1.807) is 31.3 Å². The molecule has 1 aromatic carbocycles. The van der Waals surface area contributed by atoms with Gasteiger partial charge in [0.2, 0.25) is 0 Å². The SMILES string of the molecule is Cc1ccc(CNC(=O)c2cccnc2N2CCOCC2)cc1F. The van der Waals surface area contributed by atoms with Crippen molar-refractivity contribution in [3.63, 3.8) is 0 Å². The number of hydrogen-bond donors (Lipinski definition) is 1. The number of pyridine rings is 1. The van der Waals surface area contributed by atoms with E-state index in [9.17, 15) is 9.18 Å². The molecule has 1 saturated heterocycles. The third kappa shape index (κ3) is 3.71. The first kappa shape index (κ1) is 16.4. The van der Waals surface area contributed by atoms with Crippen LogP contribution in [0.3, 0.4) is 0 Å². The van der Waals surface area contributed by atoms with Gasteiger partial charge in [0.1, 0.15) is 11.6 Å². The monoisotopic (exact) mass is 329 g/mol. The number of carbonyl (C=O) groups is 1. The summed E-state index contributed by atoms with van der Waals surface area (Å²) in [4.78, 5) is 18.9. The number of anilines is 1. The summed E-state index contributed by atoms with van der Waals surface area (Å²) in [5.74, 6) is 0.177. The lowest BCUT2D eigenvalue weighted by Gasteiger charge is -2.29. The highest BCUT2D eigenvalue weighted by Crippen LogP contribution is 2.18. The van der Waals surface area contributed by atoms with Crippen molar-refractivity contribution in [2.24, 2.45) is 0 Å². The summed E-state index contributed by atoms with van der Waals surface area (Å²) in [5.41, 5.74) is 1.84. The van der Waals surface area contributed by atoms with Crippen molar-refractivity contribution in [2.75, 3.05) is 31.2 Å². The van der Waals surface area contributed by atoms with Gasteiger partial charge in [-0.25, -0.2) is 9.37 Å². The average Bonchev–Trinajstić information content (AvgIpc) is 2.63. The van der Waals surface area contributed by atoms with Crippen molar-refractivity contribution in [3.8, 4) is 0 Å². The van der Waals surface area contributed by atoms with Crippen LogP contribution in [0.5, 0.6) is 0 Å². The van der Waals surface area contributed by atoms with Gasteiger partial charge in [0.25, 0.3) is 5.91 Å². The summed E-state index contributed by atoms with van der Waals surface area (Å²) in [6, 6.07) is 8.46. The Labute approximate surface area is 140 Å². The van der Waals surface area contributed by atoms with E-state index >= 15 is 0 Å². The minimum atomic E-state index is -0.267. The first-order chi connectivity index (χ1) is 11.6. The van der Waals surface area contributed by atoms with Crippen molar-refractivity contribution in [1.29, 1.82) is 0 Å². The molecule has 0 spiro atoms. The summed E-state index contributed by atoms with van der Waals surface area (Å²) in [6.45, 7) is 4.65. The molecule has 0 radical (unpaired) electrons. The first-order valence-electron chi connectivity index (χ1n) is 7.96. The predicted octanol–water partition coefficient (Wildman–Crippen LogP) is 2.30. The molecule has 1 amide bonds. The summed E-state index contributed by atoms with van der Waals surface area (Å²) in [7, 11) is 0. The van der Waals surface area contributed by atoms with Crippen LogP contribution >= 0.6 is 0 Å². The first-order valence-corrected chi connectivity index (χ1v) is 7.96. The van der Waals surface area contributed by atoms with Crippen molar-refractivity contribution < 1.29 is 13.9 Å². The maximum absolute atomic E-state index is 13.6. The Kier molecular flexibility index (Phi) is 5.05. The van der Waals surface area contributed by atoms with Crippen molar-refractivity contribution in [1.82, 2.24) is 10.3 Å². The van der Waals surface area contributed by atoms with Gasteiger partial charge in [-0.15, -0.1) is 0 Å². The van der Waals surface area contributed by atoms with Crippen LogP contribution in [-0.4, -0.2) is 37.2 Å². The molecule has 0 saturated carbocycles. The van der Waals surface area contributed by atoms with E-state index in [-0.39, 0.29) is 18.3 Å². The Morgan fingerprint density at radius 2 is 2.12 bits per heavy atom. The van der Waals surface area contributed by atoms with Gasteiger partial charge in [0.05, 0.1) is 18.8 Å². The Morgan fingerprint density at radius 1 is 1.33 bits per heavy atom. The van der Waals surface area contributed by atoms with Gasteiger partial charge in [-0.1, -0.05) is 12.1 Å². The number of amides is 1. The number of halogens is 1. The van der Waals surface area contributed by atoms with Gasteiger partial charge >= 0.3 is 0 Å². The van der Waals surface area contributed by atoms with E-state index in [2.05, 4.69) is 10.3 Å². The Hall–Kier alpha value is -2.47. The highest BCUT2D eigenvalue weighted by atomic mass is 19.1. The number of nitrogens with one attached hydrogen (secondary N) is 1. The molecule has 3 rings (SSSR count). The van der Waals surface area contributed by atoms with Gasteiger partial charge < -0.3 is 15.0 Å². The molecule has 126 valence electrons. The summed E-state index contributed by atoms with van der Waals surface area (Å²) < 4.78 is 18.9. The van der Waals surface area contributed by atoms with Gasteiger partial charge in [-0.3, -0.25) is 4.79 Å². The van der Waals surface area contributed by atoms with Crippen LogP contribution < -0.4 is 10.2 Å². The van der Waals surface area contributed by atoms with Crippen LogP contribution in [0.1, 0.15) is 21.5 Å². The minimum Gasteiger partial charge on any atom is -0.378 e. The van der Waals surface area contributed by atoms with E-state index in [4.69, 9.17) is 4.74 Å². The molecule has 1 aliphatic heterocycles. The number of aromatic nitrogens is 1. The average molecular weight is 329 g/mol. The number of benzene rings is 1. The van der Waals surface area contributed by atoms with E-state index in [1.807, 2.05) is 11.0 Å².